The van der Waals surface area contributed by atoms with E-state index in [1.165, 1.54) is 21.7 Å². The molecule has 21 heavy (non-hydrogen) atoms. The van der Waals surface area contributed by atoms with Crippen LogP contribution in [0.2, 0.25) is 5.02 Å². The number of nitrogens with one attached hydrogen (secondary N) is 1. The molecule has 0 radical (unpaired) electrons. The SMILES string of the molecule is Cc1nn(C)c(C)c1CNC1CCSc2ccc(Cl)cc21. The van der Waals surface area contributed by atoms with Crippen molar-refractivity contribution in [2.45, 2.75) is 37.8 Å². The van der Waals surface area contributed by atoms with Gasteiger partial charge in [-0.25, -0.2) is 0 Å². The van der Waals surface area contributed by atoms with Gasteiger partial charge in [0.2, 0.25) is 0 Å². The van der Waals surface area contributed by atoms with Crippen LogP contribution in [0.4, 0.5) is 0 Å². The van der Waals surface area contributed by atoms with Crippen molar-refractivity contribution in [1.29, 1.82) is 0 Å². The molecule has 0 saturated carbocycles. The molecule has 1 unspecified atom stereocenters. The average molecular weight is 322 g/mol. The number of aryl methyl sites for hydroxylation is 2. The summed E-state index contributed by atoms with van der Waals surface area (Å²) < 4.78 is 1.95. The summed E-state index contributed by atoms with van der Waals surface area (Å²) in [7, 11) is 2.00. The first-order valence-electron chi connectivity index (χ1n) is 7.21. The Morgan fingerprint density at radius 1 is 1.43 bits per heavy atom. The van der Waals surface area contributed by atoms with Crippen molar-refractivity contribution in [2.24, 2.45) is 7.05 Å². The highest BCUT2D eigenvalue weighted by molar-refractivity contribution is 7.99. The second-order valence-electron chi connectivity index (χ2n) is 5.53. The van der Waals surface area contributed by atoms with E-state index in [-0.39, 0.29) is 0 Å². The van der Waals surface area contributed by atoms with Crippen molar-refractivity contribution in [2.75, 3.05) is 5.75 Å². The molecule has 2 heterocycles. The largest absolute Gasteiger partial charge is 0.306 e. The molecule has 112 valence electrons. The van der Waals surface area contributed by atoms with E-state index in [1.807, 2.05) is 29.6 Å². The van der Waals surface area contributed by atoms with Crippen molar-refractivity contribution < 1.29 is 0 Å². The van der Waals surface area contributed by atoms with E-state index in [2.05, 4.69) is 36.4 Å². The topological polar surface area (TPSA) is 29.9 Å². The summed E-state index contributed by atoms with van der Waals surface area (Å²) in [5.41, 5.74) is 4.98. The Morgan fingerprint density at radius 3 is 2.95 bits per heavy atom. The standard InChI is InChI=1S/C16H20ClN3S/c1-10-14(11(2)20(3)19-10)9-18-15-6-7-21-16-5-4-12(17)8-13(15)16/h4-5,8,15,18H,6-7,9H2,1-3H3. The zero-order valence-electron chi connectivity index (χ0n) is 12.6. The monoisotopic (exact) mass is 321 g/mol. The van der Waals surface area contributed by atoms with E-state index in [4.69, 9.17) is 11.6 Å². The number of rotatable bonds is 3. The fraction of sp³-hybridized carbons (Fsp3) is 0.438. The fourth-order valence-electron chi connectivity index (χ4n) is 2.88. The molecular formula is C16H20ClN3S. The summed E-state index contributed by atoms with van der Waals surface area (Å²) >= 11 is 8.08. The predicted molar refractivity (Wildman–Crippen MR) is 89.1 cm³/mol. The smallest absolute Gasteiger partial charge is 0.0641 e. The number of halogens is 1. The number of hydrogen-bond donors (Lipinski definition) is 1. The Balaban J connectivity index is 1.79. The summed E-state index contributed by atoms with van der Waals surface area (Å²) in [6.45, 7) is 5.05. The summed E-state index contributed by atoms with van der Waals surface area (Å²) in [5.74, 6) is 1.15. The van der Waals surface area contributed by atoms with E-state index in [0.29, 0.717) is 6.04 Å². The van der Waals surface area contributed by atoms with Gasteiger partial charge in [-0.1, -0.05) is 11.6 Å². The fourth-order valence-corrected chi connectivity index (χ4v) is 4.16. The highest BCUT2D eigenvalue weighted by Crippen LogP contribution is 2.37. The molecule has 3 rings (SSSR count). The Labute approximate surface area is 135 Å². The van der Waals surface area contributed by atoms with Gasteiger partial charge in [-0.15, -0.1) is 11.8 Å². The number of nitrogens with zero attached hydrogens (tertiary/aromatic N) is 2. The minimum Gasteiger partial charge on any atom is -0.306 e. The highest BCUT2D eigenvalue weighted by Gasteiger charge is 2.21. The highest BCUT2D eigenvalue weighted by atomic mass is 35.5. The molecule has 2 aromatic rings. The quantitative estimate of drug-likeness (QED) is 0.926. The van der Waals surface area contributed by atoms with Gasteiger partial charge in [0.15, 0.2) is 0 Å². The molecule has 5 heteroatoms. The average Bonchev–Trinajstić information content (AvgIpc) is 2.70. The van der Waals surface area contributed by atoms with Crippen LogP contribution in [0.15, 0.2) is 23.1 Å². The minimum absolute atomic E-state index is 0.374. The molecule has 0 aliphatic carbocycles. The molecule has 0 fully saturated rings. The molecule has 1 N–H and O–H groups in total. The van der Waals surface area contributed by atoms with E-state index in [1.54, 1.807) is 0 Å². The van der Waals surface area contributed by atoms with Crippen LogP contribution < -0.4 is 5.32 Å². The van der Waals surface area contributed by atoms with Gasteiger partial charge in [0.05, 0.1) is 5.69 Å². The van der Waals surface area contributed by atoms with E-state index >= 15 is 0 Å². The van der Waals surface area contributed by atoms with E-state index in [0.717, 1.165) is 29.4 Å². The predicted octanol–water partition coefficient (Wildman–Crippen LogP) is 4.02. The Kier molecular flexibility index (Phi) is 4.29. The van der Waals surface area contributed by atoms with Gasteiger partial charge >= 0.3 is 0 Å². The zero-order valence-corrected chi connectivity index (χ0v) is 14.2. The second kappa shape index (κ2) is 6.03. The normalized spacial score (nSPS) is 17.8. The van der Waals surface area contributed by atoms with Crippen molar-refractivity contribution in [3.63, 3.8) is 0 Å². The Hall–Kier alpha value is -0.970. The first-order chi connectivity index (χ1) is 10.1. The molecule has 0 spiro atoms. The van der Waals surface area contributed by atoms with Crippen molar-refractivity contribution in [1.82, 2.24) is 15.1 Å². The molecule has 0 amide bonds. The lowest BCUT2D eigenvalue weighted by atomic mass is 10.0. The van der Waals surface area contributed by atoms with Crippen molar-refractivity contribution in [3.8, 4) is 0 Å². The molecule has 1 aliphatic heterocycles. The van der Waals surface area contributed by atoms with Crippen LogP contribution in [0, 0.1) is 13.8 Å². The number of thioether (sulfide) groups is 1. The van der Waals surface area contributed by atoms with Crippen LogP contribution in [-0.4, -0.2) is 15.5 Å². The van der Waals surface area contributed by atoms with Crippen molar-refractivity contribution >= 4 is 23.4 Å². The number of fused-ring (bicyclic) bond motifs is 1. The van der Waals surface area contributed by atoms with E-state index in [9.17, 15) is 0 Å². The molecule has 1 aromatic heterocycles. The summed E-state index contributed by atoms with van der Waals surface area (Å²) in [4.78, 5) is 1.35. The second-order valence-corrected chi connectivity index (χ2v) is 7.10. The van der Waals surface area contributed by atoms with Crippen LogP contribution >= 0.6 is 23.4 Å². The molecule has 0 bridgehead atoms. The maximum atomic E-state index is 6.16. The lowest BCUT2D eigenvalue weighted by Gasteiger charge is -2.26. The van der Waals surface area contributed by atoms with Gasteiger partial charge in [-0.3, -0.25) is 4.68 Å². The molecule has 0 saturated heterocycles. The third-order valence-electron chi connectivity index (χ3n) is 4.20. The van der Waals surface area contributed by atoms with Crippen LogP contribution in [0.1, 0.15) is 35.0 Å². The van der Waals surface area contributed by atoms with Gasteiger partial charge < -0.3 is 5.32 Å². The molecular weight excluding hydrogens is 302 g/mol. The zero-order chi connectivity index (χ0) is 15.0. The van der Waals surface area contributed by atoms with Gasteiger partial charge in [0, 0.05) is 40.8 Å². The number of benzene rings is 1. The van der Waals surface area contributed by atoms with Crippen molar-refractivity contribution in [3.05, 3.63) is 45.7 Å². The molecule has 3 nitrogen and oxygen atoms in total. The Morgan fingerprint density at radius 2 is 2.24 bits per heavy atom. The lowest BCUT2D eigenvalue weighted by Crippen LogP contribution is -2.24. The molecule has 1 aliphatic rings. The first-order valence-corrected chi connectivity index (χ1v) is 8.57. The molecule has 1 aromatic carbocycles. The van der Waals surface area contributed by atoms with Gasteiger partial charge in [-0.05, 0) is 49.8 Å². The third kappa shape index (κ3) is 2.98. The lowest BCUT2D eigenvalue weighted by molar-refractivity contribution is 0.508. The summed E-state index contributed by atoms with van der Waals surface area (Å²) in [6.07, 6.45) is 1.14. The maximum Gasteiger partial charge on any atom is 0.0641 e. The van der Waals surface area contributed by atoms with Crippen LogP contribution in [0.5, 0.6) is 0 Å². The van der Waals surface area contributed by atoms with Crippen LogP contribution in [-0.2, 0) is 13.6 Å². The summed E-state index contributed by atoms with van der Waals surface area (Å²) in [5, 5.41) is 8.99. The molecule has 1 atom stereocenters. The van der Waals surface area contributed by atoms with Gasteiger partial charge in [-0.2, -0.15) is 5.10 Å². The van der Waals surface area contributed by atoms with E-state index < -0.39 is 0 Å². The Bertz CT molecular complexity index is 666. The van der Waals surface area contributed by atoms with Crippen LogP contribution in [0.3, 0.4) is 0 Å². The number of hydrogen-bond acceptors (Lipinski definition) is 3. The third-order valence-corrected chi connectivity index (χ3v) is 5.55. The van der Waals surface area contributed by atoms with Gasteiger partial charge in [0.1, 0.15) is 0 Å². The van der Waals surface area contributed by atoms with Gasteiger partial charge in [0.25, 0.3) is 0 Å². The summed E-state index contributed by atoms with van der Waals surface area (Å²) in [6, 6.07) is 6.59. The van der Waals surface area contributed by atoms with Crippen LogP contribution in [0.25, 0.3) is 0 Å². The minimum atomic E-state index is 0.374. The first kappa shape index (κ1) is 14.9. The maximum absolute atomic E-state index is 6.16. The number of aromatic nitrogens is 2.